The third kappa shape index (κ3) is 3.77. The Kier molecular flexibility index (Phi) is 5.49. The summed E-state index contributed by atoms with van der Waals surface area (Å²) in [6.45, 7) is 0.0610. The van der Waals surface area contributed by atoms with Crippen LogP contribution < -0.4 is 4.74 Å². The third-order valence-corrected chi connectivity index (χ3v) is 5.21. The number of hydrogen-bond donors (Lipinski definition) is 1. The molecule has 156 valence electrons. The zero-order chi connectivity index (χ0) is 22.0. The normalized spacial score (nSPS) is 17.7. The van der Waals surface area contributed by atoms with Crippen molar-refractivity contribution < 1.29 is 23.8 Å². The lowest BCUT2D eigenvalue weighted by molar-refractivity contribution is -0.140. The minimum absolute atomic E-state index is 0.0610. The van der Waals surface area contributed by atoms with E-state index < -0.39 is 23.5 Å². The molecule has 0 aliphatic carbocycles. The number of nitrogens with zero attached hydrogens (tertiary/aromatic N) is 2. The number of Topliss-reactive ketones (excluding diaryl/α,β-unsaturated/α-hetero) is 1. The van der Waals surface area contributed by atoms with Crippen LogP contribution in [0.5, 0.6) is 5.75 Å². The summed E-state index contributed by atoms with van der Waals surface area (Å²) in [6.07, 6.45) is 3.14. The van der Waals surface area contributed by atoms with E-state index in [9.17, 15) is 19.1 Å². The van der Waals surface area contributed by atoms with Crippen molar-refractivity contribution in [2.24, 2.45) is 0 Å². The lowest BCUT2D eigenvalue weighted by atomic mass is 9.94. The van der Waals surface area contributed by atoms with Crippen molar-refractivity contribution in [3.63, 3.8) is 0 Å². The molecule has 2 aromatic carbocycles. The first kappa shape index (κ1) is 20.3. The van der Waals surface area contributed by atoms with Crippen molar-refractivity contribution in [3.05, 3.63) is 101 Å². The number of carbonyl (C=O) groups is 2. The average molecular weight is 418 g/mol. The molecule has 7 heteroatoms. The molecule has 0 radical (unpaired) electrons. The Morgan fingerprint density at radius 2 is 1.74 bits per heavy atom. The van der Waals surface area contributed by atoms with E-state index in [1.807, 2.05) is 0 Å². The van der Waals surface area contributed by atoms with Crippen LogP contribution in [0.3, 0.4) is 0 Å². The van der Waals surface area contributed by atoms with Gasteiger partial charge in [-0.1, -0.05) is 18.2 Å². The molecule has 1 aliphatic rings. The Bertz CT molecular complexity index is 1160. The van der Waals surface area contributed by atoms with Crippen molar-refractivity contribution in [2.45, 2.75) is 12.6 Å². The van der Waals surface area contributed by atoms with E-state index >= 15 is 0 Å². The van der Waals surface area contributed by atoms with E-state index in [0.717, 1.165) is 5.56 Å². The number of hydrogen-bond acceptors (Lipinski definition) is 5. The average Bonchev–Trinajstić information content (AvgIpc) is 3.04. The van der Waals surface area contributed by atoms with Crippen molar-refractivity contribution in [2.75, 3.05) is 7.11 Å². The van der Waals surface area contributed by atoms with Gasteiger partial charge in [-0.15, -0.1) is 0 Å². The molecule has 0 bridgehead atoms. The van der Waals surface area contributed by atoms with Gasteiger partial charge in [-0.2, -0.15) is 0 Å². The molecule has 1 N–H and O–H groups in total. The number of ether oxygens (including phenoxy) is 1. The number of halogens is 1. The number of aliphatic hydroxyl groups excluding tert-OH is 1. The summed E-state index contributed by atoms with van der Waals surface area (Å²) in [6, 6.07) is 14.7. The lowest BCUT2D eigenvalue weighted by Crippen LogP contribution is -2.29. The number of benzene rings is 2. The first-order chi connectivity index (χ1) is 15.0. The van der Waals surface area contributed by atoms with Crippen molar-refractivity contribution >= 4 is 17.4 Å². The maximum atomic E-state index is 14.8. The van der Waals surface area contributed by atoms with Crippen LogP contribution in [-0.4, -0.2) is 33.8 Å². The topological polar surface area (TPSA) is 79.7 Å². The van der Waals surface area contributed by atoms with Gasteiger partial charge >= 0.3 is 0 Å². The predicted octanol–water partition coefficient (Wildman–Crippen LogP) is 3.85. The fraction of sp³-hybridized carbons (Fsp3) is 0.125. The summed E-state index contributed by atoms with van der Waals surface area (Å²) in [7, 11) is 1.51. The third-order valence-electron chi connectivity index (χ3n) is 5.21. The van der Waals surface area contributed by atoms with Crippen LogP contribution in [0, 0.1) is 5.82 Å². The second-order valence-corrected chi connectivity index (χ2v) is 7.03. The zero-order valence-corrected chi connectivity index (χ0v) is 16.7. The molecule has 0 saturated carbocycles. The Morgan fingerprint density at radius 3 is 2.39 bits per heavy atom. The summed E-state index contributed by atoms with van der Waals surface area (Å²) in [5.41, 5.74) is 1.02. The largest absolute Gasteiger partial charge is 0.507 e. The molecule has 6 nitrogen and oxygen atoms in total. The predicted molar refractivity (Wildman–Crippen MR) is 111 cm³/mol. The summed E-state index contributed by atoms with van der Waals surface area (Å²) in [5.74, 6) is -2.04. The minimum atomic E-state index is -1.07. The standard InChI is InChI=1S/C24H19FN2O4/c1-31-17-8-6-16(7-9-17)22(28)20-21(18-4-2-3-5-19(18)25)27(24(30)23(20)29)14-15-10-12-26-13-11-15/h2-13,21,28H,14H2,1H3/b22-20+/t21-/m1/s1. The Hall–Kier alpha value is -4.00. The fourth-order valence-electron chi connectivity index (χ4n) is 3.65. The van der Waals surface area contributed by atoms with Gasteiger partial charge in [0.15, 0.2) is 0 Å². The van der Waals surface area contributed by atoms with E-state index in [1.54, 1.807) is 54.9 Å². The molecule has 0 spiro atoms. The highest BCUT2D eigenvalue weighted by molar-refractivity contribution is 6.46. The van der Waals surface area contributed by atoms with Gasteiger partial charge in [0.2, 0.25) is 0 Å². The molecule has 1 saturated heterocycles. The number of carbonyl (C=O) groups excluding carboxylic acids is 2. The van der Waals surface area contributed by atoms with Crippen molar-refractivity contribution in [1.82, 2.24) is 9.88 Å². The highest BCUT2D eigenvalue weighted by Gasteiger charge is 2.46. The minimum Gasteiger partial charge on any atom is -0.507 e. The number of likely N-dealkylation sites (tertiary alicyclic amines) is 1. The summed E-state index contributed by atoms with van der Waals surface area (Å²) in [4.78, 5) is 31.1. The van der Waals surface area contributed by atoms with Crippen LogP contribution in [0.4, 0.5) is 4.39 Å². The molecule has 1 amide bonds. The first-order valence-corrected chi connectivity index (χ1v) is 9.57. The number of aliphatic hydroxyl groups is 1. The van der Waals surface area contributed by atoms with Crippen LogP contribution in [0.2, 0.25) is 0 Å². The second-order valence-electron chi connectivity index (χ2n) is 7.03. The van der Waals surface area contributed by atoms with Crippen molar-refractivity contribution in [3.8, 4) is 5.75 Å². The Balaban J connectivity index is 1.86. The molecule has 1 fully saturated rings. The monoisotopic (exact) mass is 418 g/mol. The van der Waals surface area contributed by atoms with Gasteiger partial charge in [-0.3, -0.25) is 14.6 Å². The van der Waals surface area contributed by atoms with Gasteiger partial charge in [0.05, 0.1) is 18.7 Å². The van der Waals surface area contributed by atoms with Gasteiger partial charge in [0.1, 0.15) is 17.3 Å². The second kappa shape index (κ2) is 8.39. The summed E-state index contributed by atoms with van der Waals surface area (Å²) >= 11 is 0. The highest BCUT2D eigenvalue weighted by atomic mass is 19.1. The van der Waals surface area contributed by atoms with Crippen LogP contribution in [0.25, 0.3) is 5.76 Å². The van der Waals surface area contributed by atoms with E-state index in [4.69, 9.17) is 4.74 Å². The molecule has 0 unspecified atom stereocenters. The molecule has 1 atom stereocenters. The van der Waals surface area contributed by atoms with Gasteiger partial charge in [0, 0.05) is 30.1 Å². The van der Waals surface area contributed by atoms with E-state index in [0.29, 0.717) is 11.3 Å². The molecule has 1 aliphatic heterocycles. The first-order valence-electron chi connectivity index (χ1n) is 9.57. The quantitative estimate of drug-likeness (QED) is 0.387. The van der Waals surface area contributed by atoms with Gasteiger partial charge in [-0.25, -0.2) is 4.39 Å². The number of rotatable bonds is 5. The Morgan fingerprint density at radius 1 is 1.06 bits per heavy atom. The molecule has 3 aromatic rings. The zero-order valence-electron chi connectivity index (χ0n) is 16.7. The Labute approximate surface area is 178 Å². The number of aromatic nitrogens is 1. The fourth-order valence-corrected chi connectivity index (χ4v) is 3.65. The van der Waals surface area contributed by atoms with E-state index in [-0.39, 0.29) is 23.4 Å². The smallest absolute Gasteiger partial charge is 0.295 e. The van der Waals surface area contributed by atoms with Crippen molar-refractivity contribution in [1.29, 1.82) is 0 Å². The summed E-state index contributed by atoms with van der Waals surface area (Å²) in [5, 5.41) is 11.0. The van der Waals surface area contributed by atoms with Gasteiger partial charge < -0.3 is 14.7 Å². The molecule has 2 heterocycles. The highest BCUT2D eigenvalue weighted by Crippen LogP contribution is 2.41. The molecule has 31 heavy (non-hydrogen) atoms. The molecular formula is C24H19FN2O4. The molecule has 4 rings (SSSR count). The van der Waals surface area contributed by atoms with E-state index in [2.05, 4.69) is 4.98 Å². The van der Waals surface area contributed by atoms with Gasteiger partial charge in [0.25, 0.3) is 11.7 Å². The van der Waals surface area contributed by atoms with Crippen LogP contribution in [0.15, 0.2) is 78.6 Å². The van der Waals surface area contributed by atoms with Gasteiger partial charge in [-0.05, 0) is 48.0 Å². The van der Waals surface area contributed by atoms with Crippen LogP contribution >= 0.6 is 0 Å². The van der Waals surface area contributed by atoms with Crippen LogP contribution in [-0.2, 0) is 16.1 Å². The molecular weight excluding hydrogens is 399 g/mol. The lowest BCUT2D eigenvalue weighted by Gasteiger charge is -2.25. The maximum Gasteiger partial charge on any atom is 0.295 e. The van der Waals surface area contributed by atoms with E-state index in [1.165, 1.54) is 30.2 Å². The summed E-state index contributed by atoms with van der Waals surface area (Å²) < 4.78 is 19.9. The number of amides is 1. The SMILES string of the molecule is COc1ccc(/C(O)=C2\C(=O)C(=O)N(Cc3ccncc3)[C@@H]2c2ccccc2F)cc1. The molecule has 1 aromatic heterocycles. The number of pyridine rings is 1. The number of ketones is 1. The number of methoxy groups -OCH3 is 1. The maximum absolute atomic E-state index is 14.8. The van der Waals surface area contributed by atoms with Crippen LogP contribution in [0.1, 0.15) is 22.7 Å².